The van der Waals surface area contributed by atoms with Gasteiger partial charge in [0.05, 0.1) is 12.3 Å². The highest BCUT2D eigenvalue weighted by Gasteiger charge is 2.01. The van der Waals surface area contributed by atoms with Crippen molar-refractivity contribution in [2.75, 3.05) is 11.9 Å². The zero-order valence-corrected chi connectivity index (χ0v) is 14.1. The van der Waals surface area contributed by atoms with Crippen molar-refractivity contribution in [1.29, 1.82) is 0 Å². The Balaban J connectivity index is 1.85. The molecule has 22 heavy (non-hydrogen) atoms. The first-order valence-corrected chi connectivity index (χ1v) is 7.73. The van der Waals surface area contributed by atoms with Crippen molar-refractivity contribution in [2.45, 2.75) is 13.8 Å². The van der Waals surface area contributed by atoms with E-state index in [1.165, 1.54) is 5.56 Å². The largest absolute Gasteiger partial charge is 0.376 e. The molecule has 0 aliphatic rings. The second kappa shape index (κ2) is 7.75. The standard InChI is InChI=1S/C17H18BrN3O/c1-12-3-9-16(10-4-12)19-11-17(22)21-20-13(2)14-5-7-15(18)8-6-14/h3-10,19H,11H2,1-2H3,(H,21,22). The predicted octanol–water partition coefficient (Wildman–Crippen LogP) is 3.71. The quantitative estimate of drug-likeness (QED) is 0.631. The molecule has 0 heterocycles. The van der Waals surface area contributed by atoms with Crippen LogP contribution >= 0.6 is 15.9 Å². The van der Waals surface area contributed by atoms with Crippen molar-refractivity contribution in [3.8, 4) is 0 Å². The highest BCUT2D eigenvalue weighted by molar-refractivity contribution is 9.10. The Morgan fingerprint density at radius 2 is 1.73 bits per heavy atom. The van der Waals surface area contributed by atoms with Crippen molar-refractivity contribution in [3.63, 3.8) is 0 Å². The van der Waals surface area contributed by atoms with Gasteiger partial charge in [0.15, 0.2) is 0 Å². The third-order valence-electron chi connectivity index (χ3n) is 3.11. The molecule has 2 rings (SSSR count). The molecular weight excluding hydrogens is 342 g/mol. The number of hydrazone groups is 1. The van der Waals surface area contributed by atoms with Crippen LogP contribution in [0.2, 0.25) is 0 Å². The van der Waals surface area contributed by atoms with Crippen LogP contribution in [-0.2, 0) is 4.79 Å². The maximum Gasteiger partial charge on any atom is 0.259 e. The minimum Gasteiger partial charge on any atom is -0.376 e. The summed E-state index contributed by atoms with van der Waals surface area (Å²) in [4.78, 5) is 11.8. The molecule has 1 amide bonds. The molecule has 0 bridgehead atoms. The smallest absolute Gasteiger partial charge is 0.259 e. The molecule has 0 fully saturated rings. The van der Waals surface area contributed by atoms with E-state index < -0.39 is 0 Å². The highest BCUT2D eigenvalue weighted by Crippen LogP contribution is 2.11. The molecule has 114 valence electrons. The Labute approximate surface area is 138 Å². The molecule has 2 aromatic carbocycles. The van der Waals surface area contributed by atoms with E-state index in [1.54, 1.807) is 0 Å². The summed E-state index contributed by atoms with van der Waals surface area (Å²) in [6.45, 7) is 4.06. The van der Waals surface area contributed by atoms with E-state index >= 15 is 0 Å². The first kappa shape index (κ1) is 16.2. The van der Waals surface area contributed by atoms with Gasteiger partial charge in [0.2, 0.25) is 0 Å². The average molecular weight is 360 g/mol. The summed E-state index contributed by atoms with van der Waals surface area (Å²) < 4.78 is 1.01. The van der Waals surface area contributed by atoms with Gasteiger partial charge in [-0.05, 0) is 43.7 Å². The molecule has 4 nitrogen and oxygen atoms in total. The number of amides is 1. The number of anilines is 1. The maximum atomic E-state index is 11.8. The van der Waals surface area contributed by atoms with Gasteiger partial charge in [-0.3, -0.25) is 4.79 Å². The number of benzene rings is 2. The van der Waals surface area contributed by atoms with Crippen molar-refractivity contribution in [3.05, 3.63) is 64.1 Å². The molecule has 0 saturated heterocycles. The van der Waals surface area contributed by atoms with Crippen LogP contribution in [0.5, 0.6) is 0 Å². The fourth-order valence-corrected chi connectivity index (χ4v) is 2.06. The number of aryl methyl sites for hydroxylation is 1. The van der Waals surface area contributed by atoms with Crippen molar-refractivity contribution >= 4 is 33.2 Å². The predicted molar refractivity (Wildman–Crippen MR) is 94.2 cm³/mol. The van der Waals surface area contributed by atoms with Crippen molar-refractivity contribution in [2.24, 2.45) is 5.10 Å². The van der Waals surface area contributed by atoms with Crippen molar-refractivity contribution in [1.82, 2.24) is 5.43 Å². The number of nitrogens with one attached hydrogen (secondary N) is 2. The van der Waals surface area contributed by atoms with Crippen LogP contribution in [0.25, 0.3) is 0 Å². The Kier molecular flexibility index (Phi) is 5.72. The summed E-state index contributed by atoms with van der Waals surface area (Å²) in [6.07, 6.45) is 0. The van der Waals surface area contributed by atoms with Gasteiger partial charge in [0.25, 0.3) is 5.91 Å². The molecule has 0 aliphatic carbocycles. The minimum atomic E-state index is -0.183. The summed E-state index contributed by atoms with van der Waals surface area (Å²) in [5.41, 5.74) is 6.38. The van der Waals surface area contributed by atoms with E-state index in [4.69, 9.17) is 0 Å². The number of rotatable bonds is 5. The number of halogens is 1. The van der Waals surface area contributed by atoms with E-state index in [2.05, 4.69) is 31.8 Å². The zero-order chi connectivity index (χ0) is 15.9. The third kappa shape index (κ3) is 5.00. The molecule has 0 aliphatic heterocycles. The average Bonchev–Trinajstić information content (AvgIpc) is 2.52. The van der Waals surface area contributed by atoms with Crippen LogP contribution in [-0.4, -0.2) is 18.2 Å². The lowest BCUT2D eigenvalue weighted by atomic mass is 10.1. The lowest BCUT2D eigenvalue weighted by Crippen LogP contribution is -2.26. The SMILES string of the molecule is CC(=NNC(=O)CNc1ccc(C)cc1)c1ccc(Br)cc1. The van der Waals surface area contributed by atoms with Crippen LogP contribution in [0.4, 0.5) is 5.69 Å². The molecule has 2 aromatic rings. The van der Waals surface area contributed by atoms with Gasteiger partial charge in [-0.1, -0.05) is 45.8 Å². The third-order valence-corrected chi connectivity index (χ3v) is 3.64. The molecule has 2 N–H and O–H groups in total. The van der Waals surface area contributed by atoms with Crippen molar-refractivity contribution < 1.29 is 4.79 Å². The van der Waals surface area contributed by atoms with Crippen LogP contribution in [0.15, 0.2) is 58.1 Å². The molecule has 0 atom stereocenters. The Bertz CT molecular complexity index is 663. The van der Waals surface area contributed by atoms with Gasteiger partial charge in [-0.25, -0.2) is 5.43 Å². The summed E-state index contributed by atoms with van der Waals surface area (Å²) in [6, 6.07) is 15.6. The van der Waals surface area contributed by atoms with Crippen LogP contribution < -0.4 is 10.7 Å². The first-order valence-electron chi connectivity index (χ1n) is 6.94. The summed E-state index contributed by atoms with van der Waals surface area (Å²) in [5, 5.41) is 7.17. The summed E-state index contributed by atoms with van der Waals surface area (Å²) in [7, 11) is 0. The zero-order valence-electron chi connectivity index (χ0n) is 12.6. The highest BCUT2D eigenvalue weighted by atomic mass is 79.9. The number of hydrogen-bond acceptors (Lipinski definition) is 3. The second-order valence-corrected chi connectivity index (χ2v) is 5.87. The monoisotopic (exact) mass is 359 g/mol. The van der Waals surface area contributed by atoms with Gasteiger partial charge in [-0.15, -0.1) is 0 Å². The van der Waals surface area contributed by atoms with Crippen LogP contribution in [0, 0.1) is 6.92 Å². The molecule has 0 unspecified atom stereocenters. The Hall–Kier alpha value is -2.14. The lowest BCUT2D eigenvalue weighted by Gasteiger charge is -2.06. The number of hydrogen-bond donors (Lipinski definition) is 2. The second-order valence-electron chi connectivity index (χ2n) is 4.96. The Morgan fingerprint density at radius 3 is 2.36 bits per heavy atom. The fraction of sp³-hybridized carbons (Fsp3) is 0.176. The molecule has 0 spiro atoms. The summed E-state index contributed by atoms with van der Waals surface area (Å²) >= 11 is 3.39. The summed E-state index contributed by atoms with van der Waals surface area (Å²) in [5.74, 6) is -0.183. The molecule has 5 heteroatoms. The van der Waals surface area contributed by atoms with Gasteiger partial charge in [0.1, 0.15) is 0 Å². The lowest BCUT2D eigenvalue weighted by molar-refractivity contribution is -0.119. The van der Waals surface area contributed by atoms with E-state index in [0.29, 0.717) is 0 Å². The number of carbonyl (C=O) groups is 1. The fourth-order valence-electron chi connectivity index (χ4n) is 1.80. The topological polar surface area (TPSA) is 53.5 Å². The maximum absolute atomic E-state index is 11.8. The Morgan fingerprint density at radius 1 is 1.09 bits per heavy atom. The van der Waals surface area contributed by atoms with Gasteiger partial charge in [-0.2, -0.15) is 5.10 Å². The van der Waals surface area contributed by atoms with Crippen LogP contribution in [0.3, 0.4) is 0 Å². The van der Waals surface area contributed by atoms with E-state index in [0.717, 1.165) is 21.4 Å². The van der Waals surface area contributed by atoms with E-state index in [1.807, 2.05) is 62.4 Å². The van der Waals surface area contributed by atoms with Gasteiger partial charge in [0, 0.05) is 10.2 Å². The molecule has 0 radical (unpaired) electrons. The normalized spacial score (nSPS) is 11.1. The van der Waals surface area contributed by atoms with E-state index in [9.17, 15) is 4.79 Å². The van der Waals surface area contributed by atoms with Gasteiger partial charge >= 0.3 is 0 Å². The van der Waals surface area contributed by atoms with Crippen LogP contribution in [0.1, 0.15) is 18.1 Å². The van der Waals surface area contributed by atoms with E-state index in [-0.39, 0.29) is 12.5 Å². The first-order chi connectivity index (χ1) is 10.5. The minimum absolute atomic E-state index is 0.181. The number of carbonyl (C=O) groups excluding carboxylic acids is 1. The molecule has 0 aromatic heterocycles. The molecule has 0 saturated carbocycles. The molecular formula is C17H18BrN3O. The van der Waals surface area contributed by atoms with Gasteiger partial charge < -0.3 is 5.32 Å². The number of nitrogens with zero attached hydrogens (tertiary/aromatic N) is 1.